The Balaban J connectivity index is 1.71. The highest BCUT2D eigenvalue weighted by molar-refractivity contribution is 7.99. The molecule has 1 unspecified atom stereocenters. The summed E-state index contributed by atoms with van der Waals surface area (Å²) in [7, 11) is 0. The first-order valence-corrected chi connectivity index (χ1v) is 8.28. The van der Waals surface area contributed by atoms with Gasteiger partial charge in [-0.2, -0.15) is 0 Å². The molecule has 20 heavy (non-hydrogen) atoms. The van der Waals surface area contributed by atoms with E-state index in [0.29, 0.717) is 22.7 Å². The second-order valence-corrected chi connectivity index (χ2v) is 7.06. The third-order valence-corrected chi connectivity index (χ3v) is 5.26. The van der Waals surface area contributed by atoms with Gasteiger partial charge in [-0.05, 0) is 43.7 Å². The summed E-state index contributed by atoms with van der Waals surface area (Å²) < 4.78 is 0. The Labute approximate surface area is 127 Å². The van der Waals surface area contributed by atoms with E-state index in [1.165, 1.54) is 0 Å². The summed E-state index contributed by atoms with van der Waals surface area (Å²) in [5.41, 5.74) is 5.14. The molecule has 2 aliphatic carbocycles. The summed E-state index contributed by atoms with van der Waals surface area (Å²) in [6.45, 7) is 0. The van der Waals surface area contributed by atoms with Gasteiger partial charge in [-0.25, -0.2) is 4.98 Å². The number of carbonyl (C=O) groups is 1. The molecule has 0 aliphatic heterocycles. The maximum absolute atomic E-state index is 12.0. The number of pyridine rings is 1. The van der Waals surface area contributed by atoms with Gasteiger partial charge in [0.25, 0.3) is 0 Å². The first kappa shape index (κ1) is 14.2. The van der Waals surface area contributed by atoms with Crippen molar-refractivity contribution in [2.75, 3.05) is 5.75 Å². The molecule has 3 N–H and O–H groups in total. The Morgan fingerprint density at radius 1 is 1.45 bits per heavy atom. The second-order valence-electron chi connectivity index (χ2n) is 5.63. The molecule has 2 fully saturated rings. The van der Waals surface area contributed by atoms with E-state index in [0.717, 1.165) is 30.7 Å². The minimum absolute atomic E-state index is 0.228. The molecule has 0 saturated heterocycles. The van der Waals surface area contributed by atoms with Crippen LogP contribution in [0.3, 0.4) is 0 Å². The van der Waals surface area contributed by atoms with Gasteiger partial charge >= 0.3 is 0 Å². The highest BCUT2D eigenvalue weighted by atomic mass is 35.5. The summed E-state index contributed by atoms with van der Waals surface area (Å²) in [5.74, 6) is 0.784. The summed E-state index contributed by atoms with van der Waals surface area (Å²) >= 11 is 7.40. The van der Waals surface area contributed by atoms with E-state index in [-0.39, 0.29) is 5.91 Å². The molecule has 0 bridgehead atoms. The number of primary amides is 1. The van der Waals surface area contributed by atoms with Crippen LogP contribution >= 0.6 is 23.4 Å². The first-order chi connectivity index (χ1) is 9.60. The van der Waals surface area contributed by atoms with Gasteiger partial charge in [0, 0.05) is 18.0 Å². The van der Waals surface area contributed by atoms with Crippen LogP contribution < -0.4 is 11.1 Å². The maximum Gasteiger partial charge on any atom is 0.238 e. The SMILES string of the molecule is NC(=O)C(CSc1ccc(Cl)cn1)(NC1CC1)C1CC1. The van der Waals surface area contributed by atoms with Crippen molar-refractivity contribution in [2.24, 2.45) is 11.7 Å². The fraction of sp³-hybridized carbons (Fsp3) is 0.571. The lowest BCUT2D eigenvalue weighted by Crippen LogP contribution is -2.60. The van der Waals surface area contributed by atoms with Crippen LogP contribution in [-0.4, -0.2) is 28.2 Å². The molecule has 1 amide bonds. The number of thioether (sulfide) groups is 1. The highest BCUT2D eigenvalue weighted by Gasteiger charge is 2.51. The van der Waals surface area contributed by atoms with Crippen LogP contribution in [0.5, 0.6) is 0 Å². The lowest BCUT2D eigenvalue weighted by Gasteiger charge is -2.31. The standard InChI is InChI=1S/C14H18ClN3OS/c15-10-3-6-12(17-7-10)20-8-14(13(16)19,9-1-2-9)18-11-4-5-11/h3,6-7,9,11,18H,1-2,4-5,8H2,(H2,16,19). The topological polar surface area (TPSA) is 68.0 Å². The summed E-state index contributed by atoms with van der Waals surface area (Å²) in [5, 5.41) is 4.99. The minimum Gasteiger partial charge on any atom is -0.368 e. The number of amides is 1. The van der Waals surface area contributed by atoms with Crippen LogP contribution in [0.4, 0.5) is 0 Å². The molecule has 1 aromatic rings. The smallest absolute Gasteiger partial charge is 0.238 e. The summed E-state index contributed by atoms with van der Waals surface area (Å²) in [6.07, 6.45) is 6.08. The number of carbonyl (C=O) groups excluding carboxylic acids is 1. The maximum atomic E-state index is 12.0. The van der Waals surface area contributed by atoms with Gasteiger partial charge in [0.05, 0.1) is 10.0 Å². The molecule has 6 heteroatoms. The van der Waals surface area contributed by atoms with Crippen LogP contribution in [0.15, 0.2) is 23.4 Å². The number of nitrogens with two attached hydrogens (primary N) is 1. The van der Waals surface area contributed by atoms with E-state index < -0.39 is 5.54 Å². The molecule has 0 radical (unpaired) electrons. The van der Waals surface area contributed by atoms with Gasteiger partial charge in [-0.1, -0.05) is 11.6 Å². The minimum atomic E-state index is -0.576. The Hall–Kier alpha value is -0.780. The Bertz CT molecular complexity index is 502. The number of hydrogen-bond donors (Lipinski definition) is 2. The van der Waals surface area contributed by atoms with Gasteiger partial charge in [0.15, 0.2) is 0 Å². The van der Waals surface area contributed by atoms with Gasteiger partial charge < -0.3 is 5.73 Å². The van der Waals surface area contributed by atoms with Crippen molar-refractivity contribution in [2.45, 2.75) is 42.3 Å². The van der Waals surface area contributed by atoms with Crippen LogP contribution in [0.25, 0.3) is 0 Å². The zero-order valence-corrected chi connectivity index (χ0v) is 12.7. The van der Waals surface area contributed by atoms with Crippen LogP contribution in [0.2, 0.25) is 5.02 Å². The molecule has 4 nitrogen and oxygen atoms in total. The molecular formula is C14H18ClN3OS. The van der Waals surface area contributed by atoms with E-state index in [2.05, 4.69) is 10.3 Å². The van der Waals surface area contributed by atoms with Gasteiger partial charge in [-0.15, -0.1) is 11.8 Å². The molecule has 2 saturated carbocycles. The van der Waals surface area contributed by atoms with Crippen molar-refractivity contribution in [3.05, 3.63) is 23.4 Å². The average molecular weight is 312 g/mol. The average Bonchev–Trinajstić information content (AvgIpc) is 3.28. The number of hydrogen-bond acceptors (Lipinski definition) is 4. The van der Waals surface area contributed by atoms with Gasteiger partial charge in [0.1, 0.15) is 5.54 Å². The van der Waals surface area contributed by atoms with Gasteiger partial charge in [0.2, 0.25) is 5.91 Å². The summed E-state index contributed by atoms with van der Waals surface area (Å²) in [4.78, 5) is 16.3. The summed E-state index contributed by atoms with van der Waals surface area (Å²) in [6, 6.07) is 4.15. The number of aromatic nitrogens is 1. The normalized spacial score (nSPS) is 21.4. The molecule has 0 aromatic carbocycles. The molecule has 3 rings (SSSR count). The lowest BCUT2D eigenvalue weighted by molar-refractivity contribution is -0.124. The van der Waals surface area contributed by atoms with E-state index in [4.69, 9.17) is 17.3 Å². The quantitative estimate of drug-likeness (QED) is 0.758. The van der Waals surface area contributed by atoms with Crippen molar-refractivity contribution in [1.82, 2.24) is 10.3 Å². The van der Waals surface area contributed by atoms with Gasteiger partial charge in [-0.3, -0.25) is 10.1 Å². The van der Waals surface area contributed by atoms with E-state index in [1.807, 2.05) is 12.1 Å². The van der Waals surface area contributed by atoms with Crippen molar-refractivity contribution >= 4 is 29.3 Å². The molecule has 0 spiro atoms. The van der Waals surface area contributed by atoms with Crippen molar-refractivity contribution in [1.29, 1.82) is 0 Å². The third kappa shape index (κ3) is 3.10. The Kier molecular flexibility index (Phi) is 3.93. The molecule has 108 valence electrons. The number of nitrogens with one attached hydrogen (secondary N) is 1. The predicted octanol–water partition coefficient (Wildman–Crippen LogP) is 2.21. The van der Waals surface area contributed by atoms with Crippen LogP contribution in [0.1, 0.15) is 25.7 Å². The van der Waals surface area contributed by atoms with E-state index in [1.54, 1.807) is 18.0 Å². The van der Waals surface area contributed by atoms with Crippen molar-refractivity contribution in [3.8, 4) is 0 Å². The fourth-order valence-electron chi connectivity index (χ4n) is 2.42. The molecule has 1 heterocycles. The molecule has 1 atom stereocenters. The molecule has 2 aliphatic rings. The fourth-order valence-corrected chi connectivity index (χ4v) is 3.66. The molecule has 1 aromatic heterocycles. The number of rotatable bonds is 7. The van der Waals surface area contributed by atoms with Crippen LogP contribution in [-0.2, 0) is 4.79 Å². The zero-order chi connectivity index (χ0) is 14.2. The lowest BCUT2D eigenvalue weighted by atomic mass is 9.94. The van der Waals surface area contributed by atoms with Crippen LogP contribution in [0, 0.1) is 5.92 Å². The second kappa shape index (κ2) is 5.54. The number of nitrogens with zero attached hydrogens (tertiary/aromatic N) is 1. The Morgan fingerprint density at radius 2 is 2.20 bits per heavy atom. The largest absolute Gasteiger partial charge is 0.368 e. The molecular weight excluding hydrogens is 294 g/mol. The third-order valence-electron chi connectivity index (χ3n) is 3.90. The van der Waals surface area contributed by atoms with Crippen molar-refractivity contribution < 1.29 is 4.79 Å². The first-order valence-electron chi connectivity index (χ1n) is 6.92. The monoisotopic (exact) mass is 311 g/mol. The number of halogens is 1. The highest BCUT2D eigenvalue weighted by Crippen LogP contribution is 2.43. The van der Waals surface area contributed by atoms with E-state index >= 15 is 0 Å². The predicted molar refractivity (Wildman–Crippen MR) is 80.8 cm³/mol. The van der Waals surface area contributed by atoms with Crippen molar-refractivity contribution in [3.63, 3.8) is 0 Å². The zero-order valence-electron chi connectivity index (χ0n) is 11.1. The Morgan fingerprint density at radius 3 is 2.70 bits per heavy atom. The van der Waals surface area contributed by atoms with E-state index in [9.17, 15) is 4.79 Å².